The summed E-state index contributed by atoms with van der Waals surface area (Å²) in [5.74, 6) is -1.43. The Balaban J connectivity index is 2.10. The number of carbonyl (C=O) groups is 4. The number of hydrogen-bond acceptors (Lipinski definition) is 6. The van der Waals surface area contributed by atoms with Crippen molar-refractivity contribution in [2.75, 3.05) is 19.5 Å². The Labute approximate surface area is 167 Å². The summed E-state index contributed by atoms with van der Waals surface area (Å²) in [4.78, 5) is 48.0. The summed E-state index contributed by atoms with van der Waals surface area (Å²) >= 11 is 0. The van der Waals surface area contributed by atoms with Crippen molar-refractivity contribution in [3.05, 3.63) is 59.7 Å². The van der Waals surface area contributed by atoms with Gasteiger partial charge in [-0.3, -0.25) is 14.9 Å². The molecule has 3 N–H and O–H groups in total. The van der Waals surface area contributed by atoms with E-state index in [1.807, 2.05) is 5.32 Å². The average Bonchev–Trinajstić information content (AvgIpc) is 2.73. The van der Waals surface area contributed by atoms with Crippen LogP contribution < -0.4 is 20.7 Å². The number of anilines is 1. The van der Waals surface area contributed by atoms with Crippen molar-refractivity contribution < 1.29 is 28.7 Å². The maximum absolute atomic E-state index is 12.5. The highest BCUT2D eigenvalue weighted by Gasteiger charge is 2.22. The highest BCUT2D eigenvalue weighted by molar-refractivity contribution is 6.08. The number of ether oxygens (including phenoxy) is 2. The zero-order valence-corrected chi connectivity index (χ0v) is 16.1. The van der Waals surface area contributed by atoms with Crippen molar-refractivity contribution in [1.82, 2.24) is 10.6 Å². The Morgan fingerprint density at radius 1 is 0.966 bits per heavy atom. The number of esters is 1. The molecular formula is C20H21N3O6. The quantitative estimate of drug-likeness (QED) is 0.638. The third kappa shape index (κ3) is 5.80. The van der Waals surface area contributed by atoms with E-state index >= 15 is 0 Å². The van der Waals surface area contributed by atoms with Gasteiger partial charge in [0.25, 0.3) is 11.8 Å². The molecule has 0 radical (unpaired) electrons. The molecular weight excluding hydrogens is 378 g/mol. The third-order valence-electron chi connectivity index (χ3n) is 3.86. The fourth-order valence-corrected chi connectivity index (χ4v) is 2.26. The first-order valence-electron chi connectivity index (χ1n) is 8.63. The normalized spacial score (nSPS) is 11.0. The molecule has 0 aliphatic carbocycles. The van der Waals surface area contributed by atoms with Crippen molar-refractivity contribution in [3.8, 4) is 5.75 Å². The van der Waals surface area contributed by atoms with E-state index in [2.05, 4.69) is 10.6 Å². The van der Waals surface area contributed by atoms with Crippen molar-refractivity contribution in [2.24, 2.45) is 0 Å². The lowest BCUT2D eigenvalue weighted by atomic mass is 10.1. The first-order valence-corrected chi connectivity index (χ1v) is 8.63. The molecule has 0 aromatic heterocycles. The number of benzene rings is 2. The second kappa shape index (κ2) is 9.88. The van der Waals surface area contributed by atoms with E-state index in [0.717, 1.165) is 0 Å². The first-order chi connectivity index (χ1) is 13.8. The number of nitrogens with one attached hydrogen (secondary N) is 3. The number of carbonyl (C=O) groups excluding carboxylic acids is 4. The van der Waals surface area contributed by atoms with Gasteiger partial charge in [0.2, 0.25) is 0 Å². The van der Waals surface area contributed by atoms with Gasteiger partial charge in [-0.2, -0.15) is 0 Å². The molecule has 0 saturated heterocycles. The van der Waals surface area contributed by atoms with Gasteiger partial charge in [0.05, 0.1) is 18.4 Å². The third-order valence-corrected chi connectivity index (χ3v) is 3.86. The largest absolute Gasteiger partial charge is 0.497 e. The topological polar surface area (TPSA) is 123 Å². The van der Waals surface area contributed by atoms with Crippen molar-refractivity contribution in [1.29, 1.82) is 0 Å². The molecule has 0 saturated carbocycles. The Morgan fingerprint density at radius 3 is 2.24 bits per heavy atom. The number of imide groups is 1. The predicted molar refractivity (Wildman–Crippen MR) is 105 cm³/mol. The zero-order chi connectivity index (χ0) is 21.4. The number of para-hydroxylation sites is 1. The molecule has 4 amide bonds. The Hall–Kier alpha value is -3.88. The second-order valence-electron chi connectivity index (χ2n) is 5.84. The summed E-state index contributed by atoms with van der Waals surface area (Å²) in [5.41, 5.74) is 0.651. The van der Waals surface area contributed by atoms with E-state index in [1.165, 1.54) is 33.2 Å². The summed E-state index contributed by atoms with van der Waals surface area (Å²) in [6.07, 6.45) is -1.22. The number of rotatable bonds is 6. The van der Waals surface area contributed by atoms with E-state index in [-0.39, 0.29) is 11.3 Å². The Morgan fingerprint density at radius 2 is 1.62 bits per heavy atom. The summed E-state index contributed by atoms with van der Waals surface area (Å²) < 4.78 is 10.2. The van der Waals surface area contributed by atoms with Crippen LogP contribution in [0.5, 0.6) is 5.75 Å². The number of amides is 4. The summed E-state index contributed by atoms with van der Waals surface area (Å²) in [7, 11) is 2.87. The second-order valence-corrected chi connectivity index (χ2v) is 5.84. The summed E-state index contributed by atoms with van der Waals surface area (Å²) in [5, 5.41) is 6.88. The van der Waals surface area contributed by atoms with Crippen LogP contribution >= 0.6 is 0 Å². The smallest absolute Gasteiger partial charge is 0.341 e. The number of methoxy groups -OCH3 is 1. The minimum Gasteiger partial charge on any atom is -0.497 e. The Bertz CT molecular complexity index is 911. The fourth-order valence-electron chi connectivity index (χ4n) is 2.26. The van der Waals surface area contributed by atoms with Crippen LogP contribution in [-0.4, -0.2) is 44.1 Å². The van der Waals surface area contributed by atoms with Crippen LogP contribution in [0.25, 0.3) is 0 Å². The maximum atomic E-state index is 12.5. The highest BCUT2D eigenvalue weighted by atomic mass is 16.5. The van der Waals surface area contributed by atoms with Gasteiger partial charge < -0.3 is 20.1 Å². The van der Waals surface area contributed by atoms with Gasteiger partial charge in [-0.1, -0.05) is 12.1 Å². The first kappa shape index (κ1) is 21.4. The molecule has 2 aromatic rings. The molecule has 0 unspecified atom stereocenters. The molecule has 1 atom stereocenters. The van der Waals surface area contributed by atoms with Gasteiger partial charge in [0.15, 0.2) is 6.10 Å². The molecule has 0 spiro atoms. The average molecular weight is 399 g/mol. The van der Waals surface area contributed by atoms with Crippen molar-refractivity contribution >= 4 is 29.5 Å². The Kier molecular flexibility index (Phi) is 7.30. The van der Waals surface area contributed by atoms with E-state index < -0.39 is 29.9 Å². The molecule has 2 rings (SSSR count). The monoisotopic (exact) mass is 399 g/mol. The van der Waals surface area contributed by atoms with Crippen LogP contribution in [0.2, 0.25) is 0 Å². The minimum absolute atomic E-state index is 0.0638. The van der Waals surface area contributed by atoms with E-state index in [0.29, 0.717) is 11.3 Å². The number of urea groups is 1. The number of hydrogen-bond donors (Lipinski definition) is 3. The zero-order valence-electron chi connectivity index (χ0n) is 16.1. The molecule has 29 heavy (non-hydrogen) atoms. The van der Waals surface area contributed by atoms with E-state index in [1.54, 1.807) is 36.4 Å². The highest BCUT2D eigenvalue weighted by Crippen LogP contribution is 2.19. The lowest BCUT2D eigenvalue weighted by Crippen LogP contribution is -2.43. The molecule has 2 aromatic carbocycles. The molecule has 9 heteroatoms. The predicted octanol–water partition coefficient (Wildman–Crippen LogP) is 1.95. The minimum atomic E-state index is -1.22. The van der Waals surface area contributed by atoms with E-state index in [9.17, 15) is 19.2 Å². The van der Waals surface area contributed by atoms with Crippen LogP contribution in [0.3, 0.4) is 0 Å². The van der Waals surface area contributed by atoms with Crippen LogP contribution in [0, 0.1) is 0 Å². The maximum Gasteiger partial charge on any atom is 0.341 e. The van der Waals surface area contributed by atoms with Crippen LogP contribution in [-0.2, 0) is 9.53 Å². The molecule has 0 fully saturated rings. The standard InChI is InChI=1S/C20H21N3O6/c1-12(17(24)23-20(27)21-2)29-19(26)15-6-4-5-7-16(15)22-18(25)13-8-10-14(28-3)11-9-13/h4-12H,1-3H3,(H,22,25)(H2,21,23,24,27)/t12-/m0/s1. The molecule has 0 aliphatic heterocycles. The van der Waals surface area contributed by atoms with Crippen LogP contribution in [0.15, 0.2) is 48.5 Å². The van der Waals surface area contributed by atoms with Gasteiger partial charge in [0, 0.05) is 12.6 Å². The fraction of sp³-hybridized carbons (Fsp3) is 0.200. The van der Waals surface area contributed by atoms with E-state index in [4.69, 9.17) is 9.47 Å². The van der Waals surface area contributed by atoms with Gasteiger partial charge >= 0.3 is 12.0 Å². The molecule has 152 valence electrons. The van der Waals surface area contributed by atoms with Gasteiger partial charge in [-0.05, 0) is 43.3 Å². The van der Waals surface area contributed by atoms with Crippen molar-refractivity contribution in [3.63, 3.8) is 0 Å². The summed E-state index contributed by atoms with van der Waals surface area (Å²) in [6.45, 7) is 1.33. The SMILES string of the molecule is CNC(=O)NC(=O)[C@H](C)OC(=O)c1ccccc1NC(=O)c1ccc(OC)cc1. The van der Waals surface area contributed by atoms with Crippen molar-refractivity contribution in [2.45, 2.75) is 13.0 Å². The lowest BCUT2D eigenvalue weighted by Gasteiger charge is -2.15. The molecule has 9 nitrogen and oxygen atoms in total. The van der Waals surface area contributed by atoms with Crippen LogP contribution in [0.1, 0.15) is 27.6 Å². The molecule has 0 bridgehead atoms. The van der Waals surface area contributed by atoms with Gasteiger partial charge in [-0.15, -0.1) is 0 Å². The van der Waals surface area contributed by atoms with Gasteiger partial charge in [0.1, 0.15) is 5.75 Å². The molecule has 0 aliphatic rings. The van der Waals surface area contributed by atoms with Gasteiger partial charge in [-0.25, -0.2) is 9.59 Å². The summed E-state index contributed by atoms with van der Waals surface area (Å²) in [6, 6.07) is 12.0. The lowest BCUT2D eigenvalue weighted by molar-refractivity contribution is -0.127. The molecule has 0 heterocycles. The van der Waals surface area contributed by atoms with Crippen LogP contribution in [0.4, 0.5) is 10.5 Å².